The third-order valence-electron chi connectivity index (χ3n) is 4.31. The zero-order chi connectivity index (χ0) is 20.1. The summed E-state index contributed by atoms with van der Waals surface area (Å²) in [5, 5.41) is 3.12. The third kappa shape index (κ3) is 3.89. The second-order valence-corrected chi connectivity index (χ2v) is 6.17. The summed E-state index contributed by atoms with van der Waals surface area (Å²) in [5.74, 6) is 6.06. The predicted octanol–water partition coefficient (Wildman–Crippen LogP) is 2.51. The SMILES string of the molecule is CCn1cc(C(=O)NCC#Cc2ccccc2OC)c(=O)c2ccc(C)nc21. The van der Waals surface area contributed by atoms with Gasteiger partial charge >= 0.3 is 0 Å². The molecule has 2 heterocycles. The summed E-state index contributed by atoms with van der Waals surface area (Å²) in [5.41, 5.74) is 1.89. The quantitative estimate of drug-likeness (QED) is 0.711. The second kappa shape index (κ2) is 8.40. The number of ether oxygens (including phenoxy) is 1. The van der Waals surface area contributed by atoms with Crippen LogP contribution in [0.15, 0.2) is 47.4 Å². The van der Waals surface area contributed by atoms with Gasteiger partial charge in [0.05, 0.1) is 24.6 Å². The summed E-state index contributed by atoms with van der Waals surface area (Å²) in [4.78, 5) is 29.7. The van der Waals surface area contributed by atoms with Crippen molar-refractivity contribution >= 4 is 16.9 Å². The van der Waals surface area contributed by atoms with Gasteiger partial charge in [-0.3, -0.25) is 9.59 Å². The Bertz CT molecular complexity index is 1150. The van der Waals surface area contributed by atoms with E-state index in [2.05, 4.69) is 22.1 Å². The monoisotopic (exact) mass is 375 g/mol. The van der Waals surface area contributed by atoms with Gasteiger partial charge in [0.25, 0.3) is 5.91 Å². The maximum Gasteiger partial charge on any atom is 0.257 e. The Kier molecular flexibility index (Phi) is 5.75. The van der Waals surface area contributed by atoms with Crippen LogP contribution in [0.2, 0.25) is 0 Å². The first kappa shape index (κ1) is 19.2. The lowest BCUT2D eigenvalue weighted by Gasteiger charge is -2.11. The van der Waals surface area contributed by atoms with Crippen LogP contribution in [0.4, 0.5) is 0 Å². The van der Waals surface area contributed by atoms with E-state index in [1.807, 2.05) is 38.1 Å². The number of pyridine rings is 2. The first-order chi connectivity index (χ1) is 13.5. The van der Waals surface area contributed by atoms with Crippen molar-refractivity contribution in [2.45, 2.75) is 20.4 Å². The van der Waals surface area contributed by atoms with Gasteiger partial charge in [0.15, 0.2) is 0 Å². The van der Waals surface area contributed by atoms with Gasteiger partial charge in [-0.2, -0.15) is 0 Å². The third-order valence-corrected chi connectivity index (χ3v) is 4.31. The van der Waals surface area contributed by atoms with Crippen molar-refractivity contribution < 1.29 is 9.53 Å². The Balaban J connectivity index is 1.83. The van der Waals surface area contributed by atoms with E-state index in [0.717, 1.165) is 11.3 Å². The number of rotatable bonds is 4. The molecule has 6 nitrogen and oxygen atoms in total. The Labute approximate surface area is 163 Å². The number of para-hydroxylation sites is 1. The highest BCUT2D eigenvalue weighted by atomic mass is 16.5. The van der Waals surface area contributed by atoms with Gasteiger partial charge in [-0.15, -0.1) is 0 Å². The van der Waals surface area contributed by atoms with Crippen molar-refractivity contribution in [3.63, 3.8) is 0 Å². The van der Waals surface area contributed by atoms with E-state index in [0.29, 0.717) is 23.3 Å². The van der Waals surface area contributed by atoms with Crippen molar-refractivity contribution in [1.82, 2.24) is 14.9 Å². The van der Waals surface area contributed by atoms with Gasteiger partial charge in [0, 0.05) is 18.4 Å². The molecule has 28 heavy (non-hydrogen) atoms. The molecule has 0 spiro atoms. The van der Waals surface area contributed by atoms with Gasteiger partial charge < -0.3 is 14.6 Å². The fraction of sp³-hybridized carbons (Fsp3) is 0.227. The molecule has 0 saturated carbocycles. The molecule has 3 rings (SSSR count). The maximum atomic E-state index is 12.7. The molecule has 0 radical (unpaired) electrons. The van der Waals surface area contributed by atoms with Crippen LogP contribution in [-0.2, 0) is 6.54 Å². The summed E-state index contributed by atoms with van der Waals surface area (Å²) in [7, 11) is 1.58. The molecule has 0 aliphatic carbocycles. The second-order valence-electron chi connectivity index (χ2n) is 6.17. The van der Waals surface area contributed by atoms with Crippen LogP contribution < -0.4 is 15.5 Å². The average Bonchev–Trinajstić information content (AvgIpc) is 2.71. The zero-order valence-corrected chi connectivity index (χ0v) is 16.1. The molecule has 142 valence electrons. The number of fused-ring (bicyclic) bond motifs is 1. The maximum absolute atomic E-state index is 12.7. The van der Waals surface area contributed by atoms with E-state index in [1.54, 1.807) is 30.0 Å². The van der Waals surface area contributed by atoms with Crippen molar-refractivity contribution in [2.75, 3.05) is 13.7 Å². The van der Waals surface area contributed by atoms with Crippen molar-refractivity contribution in [1.29, 1.82) is 0 Å². The van der Waals surface area contributed by atoms with Gasteiger partial charge in [-0.1, -0.05) is 24.0 Å². The first-order valence-corrected chi connectivity index (χ1v) is 8.96. The Morgan fingerprint density at radius 2 is 2.04 bits per heavy atom. The fourth-order valence-corrected chi connectivity index (χ4v) is 2.87. The number of aromatic nitrogens is 2. The molecule has 0 unspecified atom stereocenters. The molecule has 0 fully saturated rings. The van der Waals surface area contributed by atoms with Gasteiger partial charge in [0.2, 0.25) is 5.43 Å². The van der Waals surface area contributed by atoms with Gasteiger partial charge in [-0.25, -0.2) is 4.98 Å². The largest absolute Gasteiger partial charge is 0.495 e. The van der Waals surface area contributed by atoms with Crippen LogP contribution >= 0.6 is 0 Å². The van der Waals surface area contributed by atoms with Crippen LogP contribution in [0, 0.1) is 18.8 Å². The van der Waals surface area contributed by atoms with Crippen LogP contribution in [-0.4, -0.2) is 29.1 Å². The standard InChI is InChI=1S/C22H21N3O3/c1-4-25-14-18(20(26)17-12-11-15(2)24-21(17)25)22(27)23-13-7-9-16-8-5-6-10-19(16)28-3/h5-6,8,10-12,14H,4,13H2,1-3H3,(H,23,27). The number of carbonyl (C=O) groups excluding carboxylic acids is 1. The number of benzene rings is 1. The molecule has 0 saturated heterocycles. The van der Waals surface area contributed by atoms with E-state index in [-0.39, 0.29) is 17.5 Å². The number of methoxy groups -OCH3 is 1. The lowest BCUT2D eigenvalue weighted by atomic mass is 10.1. The molecule has 3 aromatic rings. The lowest BCUT2D eigenvalue weighted by Crippen LogP contribution is -2.30. The number of nitrogens with one attached hydrogen (secondary N) is 1. The Morgan fingerprint density at radius 1 is 1.25 bits per heavy atom. The Morgan fingerprint density at radius 3 is 2.79 bits per heavy atom. The van der Waals surface area contributed by atoms with Gasteiger partial charge in [-0.05, 0) is 38.1 Å². The number of carbonyl (C=O) groups is 1. The normalized spacial score (nSPS) is 10.2. The first-order valence-electron chi connectivity index (χ1n) is 8.96. The van der Waals surface area contributed by atoms with Crippen LogP contribution in [0.3, 0.4) is 0 Å². The molecular weight excluding hydrogens is 354 g/mol. The zero-order valence-electron chi connectivity index (χ0n) is 16.1. The molecule has 0 bridgehead atoms. The van der Waals surface area contributed by atoms with Crippen LogP contribution in [0.25, 0.3) is 11.0 Å². The summed E-state index contributed by atoms with van der Waals surface area (Å²) < 4.78 is 7.05. The molecule has 6 heteroatoms. The number of hydrogen-bond acceptors (Lipinski definition) is 4. The number of aryl methyl sites for hydroxylation is 2. The molecule has 2 aromatic heterocycles. The molecule has 1 aromatic carbocycles. The fourth-order valence-electron chi connectivity index (χ4n) is 2.87. The van der Waals surface area contributed by atoms with Crippen molar-refractivity contribution in [3.05, 3.63) is 69.6 Å². The molecule has 1 N–H and O–H groups in total. The minimum absolute atomic E-state index is 0.0825. The van der Waals surface area contributed by atoms with Crippen LogP contribution in [0.5, 0.6) is 5.75 Å². The number of amides is 1. The van der Waals surface area contributed by atoms with E-state index >= 15 is 0 Å². The minimum Gasteiger partial charge on any atom is -0.495 e. The van der Waals surface area contributed by atoms with E-state index in [9.17, 15) is 9.59 Å². The van der Waals surface area contributed by atoms with Crippen LogP contribution in [0.1, 0.15) is 28.5 Å². The van der Waals surface area contributed by atoms with E-state index < -0.39 is 5.91 Å². The summed E-state index contributed by atoms with van der Waals surface area (Å²) in [6.45, 7) is 4.52. The van der Waals surface area contributed by atoms with E-state index in [4.69, 9.17) is 4.74 Å². The average molecular weight is 375 g/mol. The molecule has 0 aliphatic heterocycles. The highest BCUT2D eigenvalue weighted by Gasteiger charge is 2.15. The number of hydrogen-bond donors (Lipinski definition) is 1. The summed E-state index contributed by atoms with van der Waals surface area (Å²) in [6.07, 6.45) is 1.56. The highest BCUT2D eigenvalue weighted by molar-refractivity contribution is 5.97. The molecule has 0 aliphatic rings. The van der Waals surface area contributed by atoms with Gasteiger partial charge in [0.1, 0.15) is 17.0 Å². The molecular formula is C22H21N3O3. The molecule has 0 atom stereocenters. The number of nitrogens with zero attached hydrogens (tertiary/aromatic N) is 2. The lowest BCUT2D eigenvalue weighted by molar-refractivity contribution is 0.0957. The highest BCUT2D eigenvalue weighted by Crippen LogP contribution is 2.15. The smallest absolute Gasteiger partial charge is 0.257 e. The Hall–Kier alpha value is -3.59. The van der Waals surface area contributed by atoms with Crippen molar-refractivity contribution in [2.24, 2.45) is 0 Å². The predicted molar refractivity (Wildman–Crippen MR) is 109 cm³/mol. The molecule has 1 amide bonds. The topological polar surface area (TPSA) is 73.2 Å². The minimum atomic E-state index is -0.455. The van der Waals surface area contributed by atoms with Crippen molar-refractivity contribution in [3.8, 4) is 17.6 Å². The van der Waals surface area contributed by atoms with E-state index in [1.165, 1.54) is 0 Å². The summed E-state index contributed by atoms with van der Waals surface area (Å²) >= 11 is 0. The summed E-state index contributed by atoms with van der Waals surface area (Å²) in [6, 6.07) is 10.9.